The molecule has 0 aromatic carbocycles. The molecule has 3 unspecified atom stereocenters. The molecule has 1 aliphatic heterocycles. The fourth-order valence-corrected chi connectivity index (χ4v) is 4.71. The van der Waals surface area contributed by atoms with Gasteiger partial charge in [0, 0.05) is 35.1 Å². The van der Waals surface area contributed by atoms with Crippen molar-refractivity contribution in [2.45, 2.75) is 64.3 Å². The van der Waals surface area contributed by atoms with E-state index in [1.54, 1.807) is 0 Å². The molecular weight excluding hydrogens is 254 g/mol. The zero-order valence-electron chi connectivity index (χ0n) is 12.5. The molecule has 1 aliphatic carbocycles. The number of furan rings is 1. The Morgan fingerprint density at radius 1 is 1.42 bits per heavy atom. The lowest BCUT2D eigenvalue weighted by atomic mass is 9.74. The molecule has 0 saturated carbocycles. The first-order valence-corrected chi connectivity index (χ1v) is 8.45. The Balaban J connectivity index is 1.80. The average molecular weight is 279 g/mol. The van der Waals surface area contributed by atoms with Crippen LogP contribution in [0.4, 0.5) is 0 Å². The Hall–Kier alpha value is -0.410. The first-order valence-electron chi connectivity index (χ1n) is 7.40. The van der Waals surface area contributed by atoms with Gasteiger partial charge in [-0.1, -0.05) is 20.8 Å². The van der Waals surface area contributed by atoms with E-state index in [9.17, 15) is 0 Å². The van der Waals surface area contributed by atoms with Crippen LogP contribution in [0, 0.1) is 12.3 Å². The van der Waals surface area contributed by atoms with Crippen LogP contribution in [-0.4, -0.2) is 17.0 Å². The van der Waals surface area contributed by atoms with Crippen LogP contribution in [0.25, 0.3) is 0 Å². The molecule has 106 valence electrons. The summed E-state index contributed by atoms with van der Waals surface area (Å²) in [6, 6.07) is 3.39. The van der Waals surface area contributed by atoms with Crippen molar-refractivity contribution in [2.75, 3.05) is 5.75 Å². The van der Waals surface area contributed by atoms with E-state index >= 15 is 0 Å². The molecule has 0 radical (unpaired) electrons. The highest BCUT2D eigenvalue weighted by Gasteiger charge is 2.36. The van der Waals surface area contributed by atoms with Crippen molar-refractivity contribution < 1.29 is 4.42 Å². The van der Waals surface area contributed by atoms with Crippen LogP contribution >= 0.6 is 11.8 Å². The van der Waals surface area contributed by atoms with Gasteiger partial charge in [0.25, 0.3) is 0 Å². The second-order valence-corrected chi connectivity index (χ2v) is 8.55. The van der Waals surface area contributed by atoms with Crippen molar-refractivity contribution in [1.29, 1.82) is 0 Å². The third-order valence-corrected chi connectivity index (χ3v) is 5.73. The summed E-state index contributed by atoms with van der Waals surface area (Å²) >= 11 is 2.09. The number of aryl methyl sites for hydroxylation is 1. The number of fused-ring (bicyclic) bond motifs is 1. The summed E-state index contributed by atoms with van der Waals surface area (Å²) in [6.45, 7) is 9.11. The number of hydrogen-bond donors (Lipinski definition) is 1. The maximum atomic E-state index is 5.91. The van der Waals surface area contributed by atoms with Crippen molar-refractivity contribution in [3.05, 3.63) is 23.2 Å². The van der Waals surface area contributed by atoms with Crippen LogP contribution in [0.5, 0.6) is 0 Å². The molecule has 19 heavy (non-hydrogen) atoms. The van der Waals surface area contributed by atoms with Crippen molar-refractivity contribution in [3.8, 4) is 0 Å². The zero-order chi connectivity index (χ0) is 13.6. The molecule has 1 N–H and O–H groups in total. The van der Waals surface area contributed by atoms with Gasteiger partial charge in [-0.3, -0.25) is 0 Å². The van der Waals surface area contributed by atoms with Gasteiger partial charge in [-0.2, -0.15) is 11.8 Å². The highest BCUT2D eigenvalue weighted by molar-refractivity contribution is 8.00. The molecule has 0 amide bonds. The first-order chi connectivity index (χ1) is 8.93. The zero-order valence-corrected chi connectivity index (χ0v) is 13.3. The van der Waals surface area contributed by atoms with Gasteiger partial charge < -0.3 is 9.73 Å². The number of thioether (sulfide) groups is 1. The van der Waals surface area contributed by atoms with Gasteiger partial charge in [-0.25, -0.2) is 0 Å². The molecule has 2 nitrogen and oxygen atoms in total. The second-order valence-electron chi connectivity index (χ2n) is 7.08. The summed E-state index contributed by atoms with van der Waals surface area (Å²) < 4.78 is 5.91. The van der Waals surface area contributed by atoms with Crippen molar-refractivity contribution >= 4 is 11.8 Å². The largest absolute Gasteiger partial charge is 0.466 e. The van der Waals surface area contributed by atoms with Crippen LogP contribution in [0.15, 0.2) is 10.5 Å². The van der Waals surface area contributed by atoms with E-state index < -0.39 is 0 Å². The Morgan fingerprint density at radius 2 is 2.21 bits per heavy atom. The molecule has 3 rings (SSSR count). The van der Waals surface area contributed by atoms with Crippen LogP contribution in [0.1, 0.15) is 56.7 Å². The molecule has 3 heteroatoms. The predicted octanol–water partition coefficient (Wildman–Crippen LogP) is 4.09. The molecule has 0 spiro atoms. The molecule has 1 fully saturated rings. The molecule has 1 aromatic rings. The second kappa shape index (κ2) is 4.85. The normalized spacial score (nSPS) is 33.4. The molecule has 2 aliphatic rings. The summed E-state index contributed by atoms with van der Waals surface area (Å²) in [7, 11) is 0. The number of hydrogen-bond acceptors (Lipinski definition) is 3. The highest BCUT2D eigenvalue weighted by Crippen LogP contribution is 2.43. The van der Waals surface area contributed by atoms with Gasteiger partial charge in [0.05, 0.1) is 0 Å². The minimum absolute atomic E-state index is 0.340. The van der Waals surface area contributed by atoms with E-state index in [1.807, 2.05) is 0 Å². The van der Waals surface area contributed by atoms with E-state index in [4.69, 9.17) is 4.42 Å². The van der Waals surface area contributed by atoms with Crippen LogP contribution < -0.4 is 5.32 Å². The van der Waals surface area contributed by atoms with Gasteiger partial charge in [0.1, 0.15) is 11.5 Å². The lowest BCUT2D eigenvalue weighted by Gasteiger charge is -2.36. The summed E-state index contributed by atoms with van der Waals surface area (Å²) in [6.07, 6.45) is 3.59. The fraction of sp³-hybridized carbons (Fsp3) is 0.750. The fourth-order valence-electron chi connectivity index (χ4n) is 3.55. The van der Waals surface area contributed by atoms with Gasteiger partial charge in [-0.05, 0) is 31.2 Å². The van der Waals surface area contributed by atoms with Crippen LogP contribution in [-0.2, 0) is 6.42 Å². The Morgan fingerprint density at radius 3 is 2.89 bits per heavy atom. The Bertz CT molecular complexity index is 465. The third-order valence-electron chi connectivity index (χ3n) is 4.37. The quantitative estimate of drug-likeness (QED) is 0.883. The maximum Gasteiger partial charge on any atom is 0.109 e. The standard InChI is InChI=1S/C16H25NOS/c1-10-5-13-14(17-12-6-11(2)19-9-12)7-16(3,4)8-15(13)18-10/h5,11-12,14,17H,6-9H2,1-4H3. The molecule has 0 bridgehead atoms. The average Bonchev–Trinajstić information content (AvgIpc) is 2.83. The van der Waals surface area contributed by atoms with Gasteiger partial charge >= 0.3 is 0 Å². The minimum Gasteiger partial charge on any atom is -0.466 e. The summed E-state index contributed by atoms with van der Waals surface area (Å²) in [4.78, 5) is 0. The van der Waals surface area contributed by atoms with Gasteiger partial charge in [0.15, 0.2) is 0 Å². The van der Waals surface area contributed by atoms with Crippen molar-refractivity contribution in [3.63, 3.8) is 0 Å². The minimum atomic E-state index is 0.340. The first kappa shape index (κ1) is 13.6. The van der Waals surface area contributed by atoms with Gasteiger partial charge in [-0.15, -0.1) is 0 Å². The monoisotopic (exact) mass is 279 g/mol. The van der Waals surface area contributed by atoms with Crippen molar-refractivity contribution in [2.24, 2.45) is 5.41 Å². The van der Waals surface area contributed by atoms with E-state index in [-0.39, 0.29) is 0 Å². The summed E-state index contributed by atoms with van der Waals surface area (Å²) in [5.74, 6) is 3.53. The van der Waals surface area contributed by atoms with E-state index in [0.29, 0.717) is 17.5 Å². The highest BCUT2D eigenvalue weighted by atomic mass is 32.2. The van der Waals surface area contributed by atoms with Crippen molar-refractivity contribution in [1.82, 2.24) is 5.32 Å². The van der Waals surface area contributed by atoms with Gasteiger partial charge in [0.2, 0.25) is 0 Å². The van der Waals surface area contributed by atoms with E-state index in [0.717, 1.165) is 17.4 Å². The number of rotatable bonds is 2. The Kier molecular flexibility index (Phi) is 3.46. The molecule has 1 saturated heterocycles. The SMILES string of the molecule is Cc1cc2c(o1)CC(C)(C)CC2NC1CSC(C)C1. The lowest BCUT2D eigenvalue weighted by molar-refractivity contribution is 0.226. The maximum absolute atomic E-state index is 5.91. The van der Waals surface area contributed by atoms with E-state index in [2.05, 4.69) is 50.8 Å². The topological polar surface area (TPSA) is 25.2 Å². The molecule has 1 aromatic heterocycles. The predicted molar refractivity (Wildman–Crippen MR) is 81.7 cm³/mol. The molecule has 3 atom stereocenters. The summed E-state index contributed by atoms with van der Waals surface area (Å²) in [5.41, 5.74) is 1.76. The summed E-state index contributed by atoms with van der Waals surface area (Å²) in [5, 5.41) is 4.70. The van der Waals surface area contributed by atoms with Crippen LogP contribution in [0.2, 0.25) is 0 Å². The van der Waals surface area contributed by atoms with Crippen LogP contribution in [0.3, 0.4) is 0 Å². The number of nitrogens with one attached hydrogen (secondary N) is 1. The lowest BCUT2D eigenvalue weighted by Crippen LogP contribution is -2.38. The van der Waals surface area contributed by atoms with E-state index in [1.165, 1.54) is 29.9 Å². The molecule has 2 heterocycles. The third kappa shape index (κ3) is 2.87. The Labute approximate surface area is 120 Å². The smallest absolute Gasteiger partial charge is 0.109 e. The molecular formula is C16H25NOS.